The lowest BCUT2D eigenvalue weighted by Crippen LogP contribution is -2.40. The molecule has 1 aromatic heterocycles. The summed E-state index contributed by atoms with van der Waals surface area (Å²) in [6.45, 7) is 1.20. The zero-order valence-corrected chi connectivity index (χ0v) is 19.1. The van der Waals surface area contributed by atoms with Gasteiger partial charge in [-0.2, -0.15) is 9.40 Å². The van der Waals surface area contributed by atoms with Gasteiger partial charge in [-0.05, 0) is 23.8 Å². The van der Waals surface area contributed by atoms with Crippen molar-refractivity contribution >= 4 is 27.6 Å². The minimum absolute atomic E-state index is 0.0648. The molecule has 1 aliphatic rings. The van der Waals surface area contributed by atoms with Crippen LogP contribution < -0.4 is 5.32 Å². The Balaban J connectivity index is 1.31. The molecule has 0 radical (unpaired) electrons. The molecule has 2 aromatic carbocycles. The average molecular weight is 485 g/mol. The largest absolute Gasteiger partial charge is 0.452 e. The molecule has 2 heterocycles. The Labute approximate surface area is 197 Å². The summed E-state index contributed by atoms with van der Waals surface area (Å²) in [6, 6.07) is 15.6. The first-order valence-electron chi connectivity index (χ1n) is 10.6. The van der Waals surface area contributed by atoms with Gasteiger partial charge < -0.3 is 14.8 Å². The third-order valence-corrected chi connectivity index (χ3v) is 7.01. The van der Waals surface area contributed by atoms with Crippen LogP contribution in [0.5, 0.6) is 0 Å². The van der Waals surface area contributed by atoms with Crippen molar-refractivity contribution in [2.75, 3.05) is 38.2 Å². The number of ether oxygens (including phenoxy) is 2. The Kier molecular flexibility index (Phi) is 7.36. The molecule has 0 spiro atoms. The average Bonchev–Trinajstić information content (AvgIpc) is 3.32. The summed E-state index contributed by atoms with van der Waals surface area (Å²) in [5.41, 5.74) is 1.54. The number of carbonyl (C=O) groups is 2. The molecule has 1 saturated heterocycles. The molecule has 4 rings (SSSR count). The topological polar surface area (TPSA) is 120 Å². The van der Waals surface area contributed by atoms with Crippen molar-refractivity contribution in [3.05, 3.63) is 78.1 Å². The summed E-state index contributed by atoms with van der Waals surface area (Å²) < 4.78 is 38.8. The van der Waals surface area contributed by atoms with E-state index in [-0.39, 0.29) is 29.2 Å². The lowest BCUT2D eigenvalue weighted by molar-refractivity contribution is -0.119. The normalized spacial score (nSPS) is 14.5. The van der Waals surface area contributed by atoms with Crippen LogP contribution in [0.25, 0.3) is 0 Å². The van der Waals surface area contributed by atoms with Crippen LogP contribution in [0.15, 0.2) is 71.9 Å². The molecular formula is C23H24N4O6S. The van der Waals surface area contributed by atoms with E-state index in [2.05, 4.69) is 10.4 Å². The number of carbonyl (C=O) groups excluding carboxylic acids is 2. The van der Waals surface area contributed by atoms with Crippen LogP contribution in [0, 0.1) is 0 Å². The molecule has 0 atom stereocenters. The first-order chi connectivity index (χ1) is 16.4. The highest BCUT2D eigenvalue weighted by atomic mass is 32.2. The van der Waals surface area contributed by atoms with Crippen LogP contribution in [-0.2, 0) is 30.8 Å². The number of sulfonamides is 1. The van der Waals surface area contributed by atoms with Gasteiger partial charge in [0.05, 0.1) is 36.4 Å². The molecule has 11 heteroatoms. The fraction of sp³-hybridized carbons (Fsp3) is 0.261. The fourth-order valence-corrected chi connectivity index (χ4v) is 4.86. The molecule has 10 nitrogen and oxygen atoms in total. The SMILES string of the molecule is O=C(COC(=O)c1cnn(Cc2ccccc2)c1)Nc1cccc(S(=O)(=O)N2CCOCC2)c1. The van der Waals surface area contributed by atoms with Crippen molar-refractivity contribution in [2.45, 2.75) is 11.4 Å². The molecule has 0 unspecified atom stereocenters. The van der Waals surface area contributed by atoms with E-state index in [0.29, 0.717) is 19.8 Å². The van der Waals surface area contributed by atoms with Crippen LogP contribution in [0.2, 0.25) is 0 Å². The second kappa shape index (κ2) is 10.6. The molecule has 34 heavy (non-hydrogen) atoms. The van der Waals surface area contributed by atoms with Crippen molar-refractivity contribution in [3.8, 4) is 0 Å². The maximum absolute atomic E-state index is 12.8. The van der Waals surface area contributed by atoms with Gasteiger partial charge in [0.1, 0.15) is 0 Å². The number of esters is 1. The predicted molar refractivity (Wildman–Crippen MR) is 123 cm³/mol. The van der Waals surface area contributed by atoms with Crippen molar-refractivity contribution in [2.24, 2.45) is 0 Å². The van der Waals surface area contributed by atoms with Crippen LogP contribution in [0.1, 0.15) is 15.9 Å². The molecule has 1 fully saturated rings. The third-order valence-electron chi connectivity index (χ3n) is 5.12. The first-order valence-corrected chi connectivity index (χ1v) is 12.1. The van der Waals surface area contributed by atoms with Gasteiger partial charge in [0.2, 0.25) is 10.0 Å². The van der Waals surface area contributed by atoms with Gasteiger partial charge in [-0.3, -0.25) is 9.48 Å². The number of morpholine rings is 1. The number of nitrogens with zero attached hydrogens (tertiary/aromatic N) is 3. The number of aromatic nitrogens is 2. The highest BCUT2D eigenvalue weighted by molar-refractivity contribution is 7.89. The minimum atomic E-state index is -3.70. The zero-order chi connectivity index (χ0) is 24.0. The second-order valence-electron chi connectivity index (χ2n) is 7.58. The minimum Gasteiger partial charge on any atom is -0.452 e. The van der Waals surface area contributed by atoms with Gasteiger partial charge in [-0.25, -0.2) is 13.2 Å². The van der Waals surface area contributed by atoms with E-state index in [1.165, 1.54) is 28.7 Å². The summed E-state index contributed by atoms with van der Waals surface area (Å²) in [7, 11) is -3.70. The molecule has 3 aromatic rings. The Morgan fingerprint density at radius 3 is 2.59 bits per heavy atom. The Hall–Kier alpha value is -3.54. The quantitative estimate of drug-likeness (QED) is 0.484. The Bertz CT molecular complexity index is 1250. The smallest absolute Gasteiger partial charge is 0.341 e. The summed E-state index contributed by atoms with van der Waals surface area (Å²) in [5, 5.41) is 6.70. The lowest BCUT2D eigenvalue weighted by Gasteiger charge is -2.26. The van der Waals surface area contributed by atoms with Crippen LogP contribution in [0.4, 0.5) is 5.69 Å². The number of hydrogen-bond donors (Lipinski definition) is 1. The predicted octanol–water partition coefficient (Wildman–Crippen LogP) is 1.75. The zero-order valence-electron chi connectivity index (χ0n) is 18.3. The Morgan fingerprint density at radius 2 is 1.82 bits per heavy atom. The molecule has 1 aliphatic heterocycles. The van der Waals surface area contributed by atoms with Crippen molar-refractivity contribution in [3.63, 3.8) is 0 Å². The van der Waals surface area contributed by atoms with E-state index in [0.717, 1.165) is 5.56 Å². The van der Waals surface area contributed by atoms with Gasteiger partial charge in [0.15, 0.2) is 6.61 Å². The van der Waals surface area contributed by atoms with Gasteiger partial charge in [-0.1, -0.05) is 36.4 Å². The maximum atomic E-state index is 12.8. The van der Waals surface area contributed by atoms with E-state index in [1.54, 1.807) is 16.9 Å². The van der Waals surface area contributed by atoms with Crippen LogP contribution in [0.3, 0.4) is 0 Å². The number of hydrogen-bond acceptors (Lipinski definition) is 7. The number of rotatable bonds is 8. The summed E-state index contributed by atoms with van der Waals surface area (Å²) >= 11 is 0. The van der Waals surface area contributed by atoms with Gasteiger partial charge >= 0.3 is 5.97 Å². The summed E-state index contributed by atoms with van der Waals surface area (Å²) in [6.07, 6.45) is 2.93. The summed E-state index contributed by atoms with van der Waals surface area (Å²) in [4.78, 5) is 24.6. The number of benzene rings is 2. The fourth-order valence-electron chi connectivity index (χ4n) is 3.41. The van der Waals surface area contributed by atoms with Crippen LogP contribution in [-0.4, -0.2) is 67.3 Å². The standard InChI is InChI=1S/C23H24N4O6S/c28-22(17-33-23(29)19-14-24-26(16-19)15-18-5-2-1-3-6-18)25-20-7-4-8-21(13-20)34(30,31)27-9-11-32-12-10-27/h1-8,13-14,16H,9-12,15,17H2,(H,25,28). The number of nitrogens with one attached hydrogen (secondary N) is 1. The molecule has 178 valence electrons. The summed E-state index contributed by atoms with van der Waals surface area (Å²) in [5.74, 6) is -1.27. The Morgan fingerprint density at radius 1 is 1.06 bits per heavy atom. The van der Waals surface area contributed by atoms with Crippen molar-refractivity contribution < 1.29 is 27.5 Å². The molecule has 0 bridgehead atoms. The van der Waals surface area contributed by atoms with E-state index in [4.69, 9.17) is 9.47 Å². The first kappa shape index (κ1) is 23.6. The van der Waals surface area contributed by atoms with Crippen molar-refractivity contribution in [1.29, 1.82) is 0 Å². The molecule has 1 N–H and O–H groups in total. The maximum Gasteiger partial charge on any atom is 0.341 e. The van der Waals surface area contributed by atoms with E-state index < -0.39 is 28.5 Å². The number of amides is 1. The highest BCUT2D eigenvalue weighted by Gasteiger charge is 2.26. The van der Waals surface area contributed by atoms with Gasteiger partial charge in [-0.15, -0.1) is 0 Å². The second-order valence-corrected chi connectivity index (χ2v) is 9.52. The monoisotopic (exact) mass is 484 g/mol. The van der Waals surface area contributed by atoms with E-state index in [1.807, 2.05) is 30.3 Å². The van der Waals surface area contributed by atoms with Crippen molar-refractivity contribution in [1.82, 2.24) is 14.1 Å². The van der Waals surface area contributed by atoms with Gasteiger partial charge in [0.25, 0.3) is 5.91 Å². The van der Waals surface area contributed by atoms with E-state index in [9.17, 15) is 18.0 Å². The molecule has 0 saturated carbocycles. The third kappa shape index (κ3) is 5.87. The number of anilines is 1. The lowest BCUT2D eigenvalue weighted by atomic mass is 10.2. The molecule has 1 amide bonds. The van der Waals surface area contributed by atoms with Gasteiger partial charge in [0, 0.05) is 25.0 Å². The van der Waals surface area contributed by atoms with Crippen LogP contribution >= 0.6 is 0 Å². The highest BCUT2D eigenvalue weighted by Crippen LogP contribution is 2.20. The molecular weight excluding hydrogens is 460 g/mol. The van der Waals surface area contributed by atoms with E-state index >= 15 is 0 Å². The molecule has 0 aliphatic carbocycles.